The number of hydrogen-bond donors (Lipinski definition) is 1. The molecule has 0 amide bonds. The molecule has 0 radical (unpaired) electrons. The lowest BCUT2D eigenvalue weighted by Crippen LogP contribution is -2.27. The van der Waals surface area contributed by atoms with Crippen molar-refractivity contribution in [3.8, 4) is 0 Å². The molecule has 0 saturated carbocycles. The van der Waals surface area contributed by atoms with E-state index >= 15 is 0 Å². The SMILES string of the molecule is CC(C)C(C)(O)c1ccncc1. The Morgan fingerprint density at radius 3 is 2.25 bits per heavy atom. The van der Waals surface area contributed by atoms with Crippen molar-refractivity contribution in [3.63, 3.8) is 0 Å². The normalized spacial score (nSPS) is 16.1. The molecule has 1 aromatic rings. The molecule has 12 heavy (non-hydrogen) atoms. The highest BCUT2D eigenvalue weighted by molar-refractivity contribution is 5.18. The number of aliphatic hydroxyl groups is 1. The molecule has 0 fully saturated rings. The van der Waals surface area contributed by atoms with E-state index in [0.717, 1.165) is 5.56 Å². The maximum absolute atomic E-state index is 10.0. The Balaban J connectivity index is 2.98. The molecule has 2 heteroatoms. The van der Waals surface area contributed by atoms with Gasteiger partial charge in [-0.3, -0.25) is 4.98 Å². The first-order chi connectivity index (χ1) is 5.55. The summed E-state index contributed by atoms with van der Waals surface area (Å²) in [6, 6.07) is 3.69. The van der Waals surface area contributed by atoms with E-state index in [1.54, 1.807) is 12.4 Å². The summed E-state index contributed by atoms with van der Waals surface area (Å²) in [7, 11) is 0. The lowest BCUT2D eigenvalue weighted by molar-refractivity contribution is 0.00897. The average molecular weight is 165 g/mol. The molecule has 1 rings (SSSR count). The minimum absolute atomic E-state index is 0.208. The summed E-state index contributed by atoms with van der Waals surface area (Å²) in [5.74, 6) is 0.208. The van der Waals surface area contributed by atoms with Gasteiger partial charge in [-0.15, -0.1) is 0 Å². The van der Waals surface area contributed by atoms with Crippen LogP contribution in [0.3, 0.4) is 0 Å². The summed E-state index contributed by atoms with van der Waals surface area (Å²) in [6.07, 6.45) is 3.40. The third kappa shape index (κ3) is 1.64. The first kappa shape index (κ1) is 9.20. The van der Waals surface area contributed by atoms with Crippen LogP contribution < -0.4 is 0 Å². The van der Waals surface area contributed by atoms with E-state index in [1.807, 2.05) is 32.9 Å². The molecule has 0 spiro atoms. The molecule has 1 N–H and O–H groups in total. The first-order valence-corrected chi connectivity index (χ1v) is 4.18. The topological polar surface area (TPSA) is 33.1 Å². The van der Waals surface area contributed by atoms with Gasteiger partial charge in [-0.25, -0.2) is 0 Å². The van der Waals surface area contributed by atoms with E-state index in [-0.39, 0.29) is 5.92 Å². The van der Waals surface area contributed by atoms with Crippen molar-refractivity contribution in [1.29, 1.82) is 0 Å². The fourth-order valence-electron chi connectivity index (χ4n) is 1.02. The van der Waals surface area contributed by atoms with E-state index in [2.05, 4.69) is 4.98 Å². The van der Waals surface area contributed by atoms with Crippen molar-refractivity contribution in [3.05, 3.63) is 30.1 Å². The Kier molecular flexibility index (Phi) is 2.48. The molecule has 1 aromatic heterocycles. The van der Waals surface area contributed by atoms with Crippen molar-refractivity contribution in [2.45, 2.75) is 26.4 Å². The van der Waals surface area contributed by atoms with Crippen LogP contribution in [0.4, 0.5) is 0 Å². The zero-order valence-corrected chi connectivity index (χ0v) is 7.78. The summed E-state index contributed by atoms with van der Waals surface area (Å²) in [4.78, 5) is 3.91. The number of aromatic nitrogens is 1. The number of hydrogen-bond acceptors (Lipinski definition) is 2. The highest BCUT2D eigenvalue weighted by atomic mass is 16.3. The summed E-state index contributed by atoms with van der Waals surface area (Å²) in [5.41, 5.74) is 0.177. The van der Waals surface area contributed by atoms with E-state index in [4.69, 9.17) is 0 Å². The molecule has 0 aliphatic heterocycles. The Bertz CT molecular complexity index is 241. The monoisotopic (exact) mass is 165 g/mol. The van der Waals surface area contributed by atoms with Crippen LogP contribution in [0, 0.1) is 5.92 Å². The largest absolute Gasteiger partial charge is 0.385 e. The summed E-state index contributed by atoms with van der Waals surface area (Å²) in [5, 5.41) is 10.0. The standard InChI is InChI=1S/C10H15NO/c1-8(2)10(3,12)9-4-6-11-7-5-9/h4-8,12H,1-3H3. The van der Waals surface area contributed by atoms with E-state index < -0.39 is 5.60 Å². The van der Waals surface area contributed by atoms with Crippen molar-refractivity contribution < 1.29 is 5.11 Å². The molecule has 2 nitrogen and oxygen atoms in total. The second-order valence-electron chi connectivity index (χ2n) is 3.54. The zero-order valence-electron chi connectivity index (χ0n) is 7.78. The fraction of sp³-hybridized carbons (Fsp3) is 0.500. The molecule has 0 aliphatic rings. The average Bonchev–Trinajstić information content (AvgIpc) is 2.06. The van der Waals surface area contributed by atoms with Gasteiger partial charge in [-0.2, -0.15) is 0 Å². The van der Waals surface area contributed by atoms with Crippen LogP contribution in [0.25, 0.3) is 0 Å². The Labute approximate surface area is 73.3 Å². The molecule has 1 atom stereocenters. The molecular formula is C10H15NO. The highest BCUT2D eigenvalue weighted by Gasteiger charge is 2.26. The lowest BCUT2D eigenvalue weighted by Gasteiger charge is -2.27. The van der Waals surface area contributed by atoms with Crippen molar-refractivity contribution in [1.82, 2.24) is 4.98 Å². The van der Waals surface area contributed by atoms with Crippen LogP contribution in [0.5, 0.6) is 0 Å². The molecule has 0 aromatic carbocycles. The second kappa shape index (κ2) is 3.23. The van der Waals surface area contributed by atoms with Crippen molar-refractivity contribution in [2.24, 2.45) is 5.92 Å². The summed E-state index contributed by atoms with van der Waals surface area (Å²) in [6.45, 7) is 5.83. The van der Waals surface area contributed by atoms with E-state index in [9.17, 15) is 5.11 Å². The number of pyridine rings is 1. The second-order valence-corrected chi connectivity index (χ2v) is 3.54. The van der Waals surface area contributed by atoms with Gasteiger partial charge in [0.15, 0.2) is 0 Å². The maximum atomic E-state index is 10.0. The van der Waals surface area contributed by atoms with Gasteiger partial charge in [0.25, 0.3) is 0 Å². The van der Waals surface area contributed by atoms with Crippen LogP contribution in [0.1, 0.15) is 26.3 Å². The molecular weight excluding hydrogens is 150 g/mol. The van der Waals surface area contributed by atoms with Crippen LogP contribution in [0.15, 0.2) is 24.5 Å². The first-order valence-electron chi connectivity index (χ1n) is 4.18. The molecule has 0 aliphatic carbocycles. The van der Waals surface area contributed by atoms with Gasteiger partial charge in [-0.1, -0.05) is 13.8 Å². The Morgan fingerprint density at radius 1 is 1.33 bits per heavy atom. The minimum Gasteiger partial charge on any atom is -0.385 e. The van der Waals surface area contributed by atoms with Crippen molar-refractivity contribution >= 4 is 0 Å². The van der Waals surface area contributed by atoms with E-state index in [1.165, 1.54) is 0 Å². The molecule has 1 heterocycles. The van der Waals surface area contributed by atoms with Gasteiger partial charge in [0.05, 0.1) is 5.60 Å². The fourth-order valence-corrected chi connectivity index (χ4v) is 1.02. The molecule has 66 valence electrons. The third-order valence-corrected chi connectivity index (χ3v) is 2.39. The van der Waals surface area contributed by atoms with Gasteiger partial charge in [0, 0.05) is 12.4 Å². The predicted octanol–water partition coefficient (Wildman–Crippen LogP) is 1.95. The third-order valence-electron chi connectivity index (χ3n) is 2.39. The lowest BCUT2D eigenvalue weighted by atomic mass is 9.86. The van der Waals surface area contributed by atoms with Crippen LogP contribution >= 0.6 is 0 Å². The molecule has 0 bridgehead atoms. The molecule has 0 saturated heterocycles. The Morgan fingerprint density at radius 2 is 1.83 bits per heavy atom. The highest BCUT2D eigenvalue weighted by Crippen LogP contribution is 2.27. The predicted molar refractivity (Wildman–Crippen MR) is 48.6 cm³/mol. The summed E-state index contributed by atoms with van der Waals surface area (Å²) < 4.78 is 0. The zero-order chi connectivity index (χ0) is 9.19. The Hall–Kier alpha value is -0.890. The van der Waals surface area contributed by atoms with Gasteiger partial charge in [-0.05, 0) is 30.5 Å². The van der Waals surface area contributed by atoms with Crippen LogP contribution in [-0.4, -0.2) is 10.1 Å². The number of rotatable bonds is 2. The van der Waals surface area contributed by atoms with Crippen molar-refractivity contribution in [2.75, 3.05) is 0 Å². The van der Waals surface area contributed by atoms with Crippen LogP contribution in [0.2, 0.25) is 0 Å². The minimum atomic E-state index is -0.747. The maximum Gasteiger partial charge on any atom is 0.0892 e. The van der Waals surface area contributed by atoms with Crippen LogP contribution in [-0.2, 0) is 5.60 Å². The molecule has 1 unspecified atom stereocenters. The van der Waals surface area contributed by atoms with Gasteiger partial charge < -0.3 is 5.11 Å². The summed E-state index contributed by atoms with van der Waals surface area (Å²) >= 11 is 0. The van der Waals surface area contributed by atoms with Gasteiger partial charge in [0.2, 0.25) is 0 Å². The smallest absolute Gasteiger partial charge is 0.0892 e. The quantitative estimate of drug-likeness (QED) is 0.726. The van der Waals surface area contributed by atoms with Gasteiger partial charge >= 0.3 is 0 Å². The van der Waals surface area contributed by atoms with Gasteiger partial charge in [0.1, 0.15) is 0 Å². The number of nitrogens with zero attached hydrogens (tertiary/aromatic N) is 1. The van der Waals surface area contributed by atoms with E-state index in [0.29, 0.717) is 0 Å².